The number of rotatable bonds is 2. The van der Waals surface area contributed by atoms with E-state index in [4.69, 9.17) is 0 Å². The minimum Gasteiger partial charge on any atom is -0.0620 e. The van der Waals surface area contributed by atoms with Crippen molar-refractivity contribution in [1.29, 1.82) is 0 Å². The highest BCUT2D eigenvalue weighted by atomic mass is 14.3. The van der Waals surface area contributed by atoms with E-state index in [1.54, 1.807) is 0 Å². The zero-order valence-electron chi connectivity index (χ0n) is 41.5. The van der Waals surface area contributed by atoms with E-state index in [-0.39, 0.29) is 32.5 Å². The molecule has 58 heavy (non-hydrogen) atoms. The molecule has 5 aromatic carbocycles. The summed E-state index contributed by atoms with van der Waals surface area (Å²) in [5.41, 5.74) is 13.0. The second kappa shape index (κ2) is 19.6. The summed E-state index contributed by atoms with van der Waals surface area (Å²) in [4.78, 5) is 0. The van der Waals surface area contributed by atoms with Crippen molar-refractivity contribution in [3.63, 3.8) is 0 Å². The van der Waals surface area contributed by atoms with Gasteiger partial charge in [0.1, 0.15) is 0 Å². The molecule has 0 saturated carbocycles. The van der Waals surface area contributed by atoms with Crippen LogP contribution in [0.15, 0.2) is 109 Å². The van der Waals surface area contributed by atoms with Crippen LogP contribution in [0.4, 0.5) is 0 Å². The molecule has 0 fully saturated rings. The van der Waals surface area contributed by atoms with Crippen LogP contribution in [-0.2, 0) is 32.5 Å². The second-order valence-electron chi connectivity index (χ2n) is 23.3. The van der Waals surface area contributed by atoms with Crippen LogP contribution in [0.1, 0.15) is 209 Å². The van der Waals surface area contributed by atoms with E-state index >= 15 is 0 Å². The first-order valence-electron chi connectivity index (χ1n) is 22.1. The van der Waals surface area contributed by atoms with Crippen molar-refractivity contribution >= 4 is 10.8 Å². The van der Waals surface area contributed by atoms with Crippen molar-refractivity contribution in [2.75, 3.05) is 0 Å². The first-order valence-corrected chi connectivity index (χ1v) is 22.1. The largest absolute Gasteiger partial charge is 0.0620 e. The fraction of sp³-hybridized carbons (Fsp3) is 0.517. The highest BCUT2D eigenvalue weighted by Gasteiger charge is 2.24. The normalized spacial score (nSPS) is 12.6. The summed E-state index contributed by atoms with van der Waals surface area (Å²) in [5, 5.41) is 2.84. The molecule has 5 rings (SSSR count). The summed E-state index contributed by atoms with van der Waals surface area (Å²) in [6, 6.07) is 40.0. The van der Waals surface area contributed by atoms with Gasteiger partial charge in [0, 0.05) is 0 Å². The van der Waals surface area contributed by atoms with Gasteiger partial charge in [0.2, 0.25) is 0 Å². The van der Waals surface area contributed by atoms with Gasteiger partial charge >= 0.3 is 0 Å². The van der Waals surface area contributed by atoms with Crippen LogP contribution in [0.2, 0.25) is 0 Å². The Labute approximate surface area is 359 Å². The average molecular weight is 783 g/mol. The summed E-state index contributed by atoms with van der Waals surface area (Å²) in [6.45, 7) is 49.8. The van der Waals surface area contributed by atoms with Crippen LogP contribution < -0.4 is 0 Å². The van der Waals surface area contributed by atoms with E-state index < -0.39 is 0 Å². The van der Waals surface area contributed by atoms with Crippen molar-refractivity contribution in [3.8, 4) is 0 Å². The Balaban J connectivity index is 0.000000267. The molecular formula is C58H86. The molecule has 0 heteroatoms. The minimum absolute atomic E-state index is 0.240. The van der Waals surface area contributed by atoms with Crippen molar-refractivity contribution in [3.05, 3.63) is 154 Å². The Kier molecular flexibility index (Phi) is 17.1. The zero-order chi connectivity index (χ0) is 44.7. The fourth-order valence-electron chi connectivity index (χ4n) is 7.08. The van der Waals surface area contributed by atoms with Gasteiger partial charge in [-0.1, -0.05) is 262 Å². The molecule has 0 spiro atoms. The lowest BCUT2D eigenvalue weighted by Gasteiger charge is -2.29. The molecule has 0 heterocycles. The van der Waals surface area contributed by atoms with Gasteiger partial charge in [0.15, 0.2) is 0 Å². The fourth-order valence-corrected chi connectivity index (χ4v) is 7.08. The quantitative estimate of drug-likeness (QED) is 0.167. The summed E-state index contributed by atoms with van der Waals surface area (Å²) in [5.74, 6) is 1.17. The van der Waals surface area contributed by atoms with E-state index in [2.05, 4.69) is 262 Å². The van der Waals surface area contributed by atoms with E-state index in [0.29, 0.717) is 11.8 Å². The number of hydrogen-bond acceptors (Lipinski definition) is 0. The van der Waals surface area contributed by atoms with Crippen LogP contribution in [0, 0.1) is 0 Å². The van der Waals surface area contributed by atoms with Crippen molar-refractivity contribution in [2.45, 2.75) is 197 Å². The standard InChI is InChI=1S/C16H20.3C14H22/c1-11(2)14-9-5-7-13-8-6-10-15(12(3)4)16(13)14;1-13(2,3)11-7-9-12(10-8-11)14(4,5)6;1-13(2,3)11-8-7-9-12(10-11)14(4,5)6;1-13(2,3)11-9-7-8-10-12(11)14(4,5)6/h5-12H,1-4H3;3*7-10H,1-6H3. The van der Waals surface area contributed by atoms with Crippen molar-refractivity contribution in [1.82, 2.24) is 0 Å². The summed E-state index contributed by atoms with van der Waals surface area (Å²) < 4.78 is 0. The highest BCUT2D eigenvalue weighted by Crippen LogP contribution is 2.34. The Morgan fingerprint density at radius 2 is 0.586 bits per heavy atom. The molecule has 5 aromatic rings. The van der Waals surface area contributed by atoms with Gasteiger partial charge in [0.25, 0.3) is 0 Å². The number of benzene rings is 5. The lowest BCUT2D eigenvalue weighted by atomic mass is 9.75. The average Bonchev–Trinajstić information content (AvgIpc) is 3.10. The maximum Gasteiger partial charge on any atom is -0.0115 e. The first-order chi connectivity index (χ1) is 26.3. The lowest BCUT2D eigenvalue weighted by molar-refractivity contribution is 0.530. The molecule has 318 valence electrons. The molecular weight excluding hydrogens is 697 g/mol. The van der Waals surface area contributed by atoms with E-state index in [0.717, 1.165) is 0 Å². The summed E-state index contributed by atoms with van der Waals surface area (Å²) in [6.07, 6.45) is 0. The third-order valence-electron chi connectivity index (χ3n) is 11.0. The van der Waals surface area contributed by atoms with Gasteiger partial charge in [-0.05, 0) is 99.6 Å². The van der Waals surface area contributed by atoms with Gasteiger partial charge < -0.3 is 0 Å². The molecule has 0 amide bonds. The molecule has 0 N–H and O–H groups in total. The molecule has 0 nitrogen and oxygen atoms in total. The maximum absolute atomic E-state index is 2.33. The van der Waals surface area contributed by atoms with Crippen LogP contribution in [0.5, 0.6) is 0 Å². The minimum atomic E-state index is 0.240. The highest BCUT2D eigenvalue weighted by molar-refractivity contribution is 5.89. The Hall–Kier alpha value is -3.64. The third kappa shape index (κ3) is 15.2. The summed E-state index contributed by atoms with van der Waals surface area (Å²) >= 11 is 0. The SMILES string of the molecule is CC(C)(C)c1ccc(C(C)(C)C)cc1.CC(C)(C)c1cccc(C(C)(C)C)c1.CC(C)(C)c1ccccc1C(C)(C)C.CC(C)c1cccc2cccc(C(C)C)c12. The molecule has 0 unspecified atom stereocenters. The van der Waals surface area contributed by atoms with Crippen molar-refractivity contribution < 1.29 is 0 Å². The molecule has 0 bridgehead atoms. The third-order valence-corrected chi connectivity index (χ3v) is 11.0. The monoisotopic (exact) mass is 783 g/mol. The Morgan fingerprint density at radius 1 is 0.293 bits per heavy atom. The molecule has 0 aliphatic carbocycles. The van der Waals surface area contributed by atoms with E-state index in [9.17, 15) is 0 Å². The predicted molar refractivity (Wildman–Crippen MR) is 264 cm³/mol. The Bertz CT molecular complexity index is 1850. The van der Waals surface area contributed by atoms with Crippen LogP contribution >= 0.6 is 0 Å². The maximum atomic E-state index is 2.33. The van der Waals surface area contributed by atoms with Gasteiger partial charge in [-0.3, -0.25) is 0 Å². The van der Waals surface area contributed by atoms with Gasteiger partial charge in [-0.25, -0.2) is 0 Å². The smallest absolute Gasteiger partial charge is 0.0115 e. The molecule has 0 aliphatic heterocycles. The van der Waals surface area contributed by atoms with Crippen molar-refractivity contribution in [2.24, 2.45) is 0 Å². The molecule has 0 aliphatic rings. The lowest BCUT2D eigenvalue weighted by Crippen LogP contribution is -2.21. The van der Waals surface area contributed by atoms with Crippen LogP contribution in [-0.4, -0.2) is 0 Å². The van der Waals surface area contributed by atoms with Crippen LogP contribution in [0.3, 0.4) is 0 Å². The second-order valence-corrected chi connectivity index (χ2v) is 23.3. The van der Waals surface area contributed by atoms with E-state index in [1.165, 1.54) is 55.3 Å². The molecule has 0 atom stereocenters. The number of fused-ring (bicyclic) bond motifs is 1. The summed E-state index contributed by atoms with van der Waals surface area (Å²) in [7, 11) is 0. The Morgan fingerprint density at radius 3 is 0.845 bits per heavy atom. The zero-order valence-corrected chi connectivity index (χ0v) is 41.5. The number of hydrogen-bond donors (Lipinski definition) is 0. The van der Waals surface area contributed by atoms with Crippen LogP contribution in [0.25, 0.3) is 10.8 Å². The molecule has 0 aromatic heterocycles. The van der Waals surface area contributed by atoms with Gasteiger partial charge in [-0.2, -0.15) is 0 Å². The van der Waals surface area contributed by atoms with E-state index in [1.807, 2.05) is 0 Å². The topological polar surface area (TPSA) is 0 Å². The molecule has 0 saturated heterocycles. The first kappa shape index (κ1) is 50.5. The predicted octanol–water partition coefficient (Wildman–Crippen LogP) is 17.9. The van der Waals surface area contributed by atoms with Gasteiger partial charge in [-0.15, -0.1) is 0 Å². The molecule has 0 radical (unpaired) electrons. The van der Waals surface area contributed by atoms with Gasteiger partial charge in [0.05, 0.1) is 0 Å².